The van der Waals surface area contributed by atoms with Crippen LogP contribution in [-0.4, -0.2) is 36.7 Å². The molecule has 0 aliphatic carbocycles. The molecule has 1 heterocycles. The summed E-state index contributed by atoms with van der Waals surface area (Å²) in [6.45, 7) is 4.49. The van der Waals surface area contributed by atoms with Gasteiger partial charge in [-0.1, -0.05) is 12.1 Å². The van der Waals surface area contributed by atoms with E-state index in [4.69, 9.17) is 19.3 Å². The van der Waals surface area contributed by atoms with Crippen molar-refractivity contribution >= 4 is 5.97 Å². The second-order valence-electron chi connectivity index (χ2n) is 6.33. The maximum Gasteiger partial charge on any atom is 0.303 e. The first kappa shape index (κ1) is 17.8. The van der Waals surface area contributed by atoms with Crippen LogP contribution in [0.3, 0.4) is 0 Å². The van der Waals surface area contributed by atoms with E-state index < -0.39 is 11.8 Å². The van der Waals surface area contributed by atoms with E-state index in [9.17, 15) is 4.79 Å². The van der Waals surface area contributed by atoms with Crippen LogP contribution in [0.15, 0.2) is 18.2 Å². The maximum atomic E-state index is 10.8. The molecule has 2 rings (SSSR count). The number of hydrogen-bond donors (Lipinski definition) is 1. The summed E-state index contributed by atoms with van der Waals surface area (Å²) >= 11 is 0. The highest BCUT2D eigenvalue weighted by Crippen LogP contribution is 2.28. The van der Waals surface area contributed by atoms with E-state index in [0.717, 1.165) is 36.1 Å². The number of aliphatic carboxylic acids is 1. The monoisotopic (exact) mass is 322 g/mol. The molecular weight excluding hydrogens is 296 g/mol. The molecule has 0 aromatic heterocycles. The van der Waals surface area contributed by atoms with E-state index in [2.05, 4.69) is 0 Å². The number of methoxy groups -OCH3 is 1. The Labute approximate surface area is 137 Å². The summed E-state index contributed by atoms with van der Waals surface area (Å²) in [5.74, 6) is -0.434. The van der Waals surface area contributed by atoms with Crippen LogP contribution in [-0.2, 0) is 27.1 Å². The Hall–Kier alpha value is -1.59. The van der Waals surface area contributed by atoms with Crippen molar-refractivity contribution in [3.05, 3.63) is 29.3 Å². The molecule has 1 fully saturated rings. The number of hydrogen-bond acceptors (Lipinski definition) is 4. The van der Waals surface area contributed by atoms with Crippen LogP contribution in [0.5, 0.6) is 5.75 Å². The van der Waals surface area contributed by atoms with Crippen LogP contribution < -0.4 is 4.74 Å². The molecule has 23 heavy (non-hydrogen) atoms. The minimum absolute atomic E-state index is 0.127. The van der Waals surface area contributed by atoms with Gasteiger partial charge in [0.15, 0.2) is 5.79 Å². The van der Waals surface area contributed by atoms with Crippen molar-refractivity contribution in [1.82, 2.24) is 0 Å². The Bertz CT molecular complexity index is 538. The Morgan fingerprint density at radius 3 is 2.78 bits per heavy atom. The van der Waals surface area contributed by atoms with Crippen molar-refractivity contribution in [3.63, 3.8) is 0 Å². The maximum absolute atomic E-state index is 10.8. The Balaban J connectivity index is 1.96. The van der Waals surface area contributed by atoms with Crippen molar-refractivity contribution in [2.24, 2.45) is 0 Å². The number of ether oxygens (including phenoxy) is 3. The number of carbonyl (C=O) groups is 1. The number of benzene rings is 1. The fourth-order valence-electron chi connectivity index (χ4n) is 2.97. The van der Waals surface area contributed by atoms with Gasteiger partial charge in [0.25, 0.3) is 0 Å². The molecule has 0 saturated carbocycles. The van der Waals surface area contributed by atoms with Gasteiger partial charge in [-0.05, 0) is 56.7 Å². The highest BCUT2D eigenvalue weighted by atomic mass is 16.7. The van der Waals surface area contributed by atoms with Crippen LogP contribution in [0.4, 0.5) is 0 Å². The van der Waals surface area contributed by atoms with Crippen LogP contribution in [0.1, 0.15) is 44.2 Å². The third-order valence-electron chi connectivity index (χ3n) is 4.08. The SMILES string of the molecule is COc1cccc(CCC(=O)O)c1CCCC1COC(C)(C)O1. The third kappa shape index (κ3) is 5.22. The molecule has 0 bridgehead atoms. The zero-order chi connectivity index (χ0) is 16.9. The van der Waals surface area contributed by atoms with Crippen molar-refractivity contribution in [1.29, 1.82) is 0 Å². The topological polar surface area (TPSA) is 65.0 Å². The summed E-state index contributed by atoms with van der Waals surface area (Å²) in [4.78, 5) is 10.8. The lowest BCUT2D eigenvalue weighted by atomic mass is 9.96. The first-order valence-electron chi connectivity index (χ1n) is 8.09. The molecule has 1 unspecified atom stereocenters. The molecule has 1 aromatic rings. The number of aryl methyl sites for hydroxylation is 1. The standard InChI is InChI=1S/C18H26O5/c1-18(2)22-12-14(23-18)7-5-8-15-13(10-11-17(19)20)6-4-9-16(15)21-3/h4,6,9,14H,5,7-8,10-12H2,1-3H3,(H,19,20). The lowest BCUT2D eigenvalue weighted by Crippen LogP contribution is -2.21. The van der Waals surface area contributed by atoms with Crippen molar-refractivity contribution in [2.45, 2.75) is 57.8 Å². The smallest absolute Gasteiger partial charge is 0.303 e. The number of carboxylic acid groups (broad SMARTS) is 1. The zero-order valence-corrected chi connectivity index (χ0v) is 14.1. The van der Waals surface area contributed by atoms with Gasteiger partial charge in [0.1, 0.15) is 5.75 Å². The summed E-state index contributed by atoms with van der Waals surface area (Å²) in [7, 11) is 1.65. The highest BCUT2D eigenvalue weighted by Gasteiger charge is 2.32. The Kier molecular flexibility index (Phi) is 6.02. The van der Waals surface area contributed by atoms with E-state index >= 15 is 0 Å². The lowest BCUT2D eigenvalue weighted by molar-refractivity contribution is -0.139. The predicted molar refractivity (Wildman–Crippen MR) is 86.8 cm³/mol. The van der Waals surface area contributed by atoms with Gasteiger partial charge in [0.05, 0.1) is 19.8 Å². The zero-order valence-electron chi connectivity index (χ0n) is 14.1. The first-order valence-corrected chi connectivity index (χ1v) is 8.09. The van der Waals surface area contributed by atoms with Crippen LogP contribution in [0.2, 0.25) is 0 Å². The molecule has 0 amide bonds. The summed E-state index contributed by atoms with van der Waals surface area (Å²) in [6, 6.07) is 5.83. The van der Waals surface area contributed by atoms with E-state index in [1.165, 1.54) is 0 Å². The number of carboxylic acids is 1. The second-order valence-corrected chi connectivity index (χ2v) is 6.33. The van der Waals surface area contributed by atoms with Gasteiger partial charge in [0, 0.05) is 6.42 Å². The van der Waals surface area contributed by atoms with Gasteiger partial charge in [0.2, 0.25) is 0 Å². The summed E-state index contributed by atoms with van der Waals surface area (Å²) in [6.07, 6.45) is 3.50. The molecule has 1 aliphatic heterocycles. The Morgan fingerprint density at radius 1 is 1.39 bits per heavy atom. The predicted octanol–water partition coefficient (Wildman–Crippen LogP) is 3.19. The summed E-state index contributed by atoms with van der Waals surface area (Å²) in [5.41, 5.74) is 2.16. The Morgan fingerprint density at radius 2 is 2.17 bits per heavy atom. The minimum Gasteiger partial charge on any atom is -0.496 e. The van der Waals surface area contributed by atoms with Crippen molar-refractivity contribution < 1.29 is 24.1 Å². The fourth-order valence-corrected chi connectivity index (χ4v) is 2.97. The van der Waals surface area contributed by atoms with Crippen molar-refractivity contribution in [2.75, 3.05) is 13.7 Å². The van der Waals surface area contributed by atoms with Gasteiger partial charge in [-0.2, -0.15) is 0 Å². The quantitative estimate of drug-likeness (QED) is 0.796. The largest absolute Gasteiger partial charge is 0.496 e. The van der Waals surface area contributed by atoms with Gasteiger partial charge in [-0.15, -0.1) is 0 Å². The van der Waals surface area contributed by atoms with Gasteiger partial charge in [-0.3, -0.25) is 4.79 Å². The third-order valence-corrected chi connectivity index (χ3v) is 4.08. The molecule has 5 heteroatoms. The van der Waals surface area contributed by atoms with Crippen molar-refractivity contribution in [3.8, 4) is 5.75 Å². The summed E-state index contributed by atoms with van der Waals surface area (Å²) < 4.78 is 16.8. The lowest BCUT2D eigenvalue weighted by Gasteiger charge is -2.17. The molecule has 1 N–H and O–H groups in total. The normalized spacial score (nSPS) is 19.7. The molecule has 1 saturated heterocycles. The molecule has 1 atom stereocenters. The fraction of sp³-hybridized carbons (Fsp3) is 0.611. The highest BCUT2D eigenvalue weighted by molar-refractivity contribution is 5.67. The molecule has 128 valence electrons. The first-order chi connectivity index (χ1) is 10.9. The molecular formula is C18H26O5. The second kappa shape index (κ2) is 7.79. The van der Waals surface area contributed by atoms with Crippen LogP contribution in [0.25, 0.3) is 0 Å². The molecule has 5 nitrogen and oxygen atoms in total. The van der Waals surface area contributed by atoms with E-state index in [-0.39, 0.29) is 12.5 Å². The molecule has 1 aromatic carbocycles. The van der Waals surface area contributed by atoms with Gasteiger partial charge < -0.3 is 19.3 Å². The van der Waals surface area contributed by atoms with E-state index in [0.29, 0.717) is 13.0 Å². The van der Waals surface area contributed by atoms with Crippen LogP contribution >= 0.6 is 0 Å². The summed E-state index contributed by atoms with van der Waals surface area (Å²) in [5, 5.41) is 8.90. The average Bonchev–Trinajstić information content (AvgIpc) is 2.85. The minimum atomic E-state index is -0.780. The van der Waals surface area contributed by atoms with Crippen LogP contribution in [0, 0.1) is 0 Å². The van der Waals surface area contributed by atoms with Gasteiger partial charge in [-0.25, -0.2) is 0 Å². The molecule has 1 aliphatic rings. The number of rotatable bonds is 8. The van der Waals surface area contributed by atoms with E-state index in [1.54, 1.807) is 7.11 Å². The van der Waals surface area contributed by atoms with Gasteiger partial charge >= 0.3 is 5.97 Å². The van der Waals surface area contributed by atoms with E-state index in [1.807, 2.05) is 32.0 Å². The molecule has 0 spiro atoms. The average molecular weight is 322 g/mol. The molecule has 0 radical (unpaired) electrons.